The van der Waals surface area contributed by atoms with Crippen molar-refractivity contribution in [2.75, 3.05) is 0 Å². The zero-order valence-electron chi connectivity index (χ0n) is 8.91. The van der Waals surface area contributed by atoms with Crippen molar-refractivity contribution in [3.8, 4) is 0 Å². The minimum absolute atomic E-state index is 0.313. The van der Waals surface area contributed by atoms with Gasteiger partial charge in [0.15, 0.2) is 0 Å². The summed E-state index contributed by atoms with van der Waals surface area (Å²) in [5.74, 6) is 0. The number of rotatable bonds is 4. The third kappa shape index (κ3) is 4.41. The molecule has 0 saturated heterocycles. The Morgan fingerprint density at radius 3 is 2.38 bits per heavy atom. The number of allylic oxidation sites excluding steroid dienone is 2. The standard InChI is InChI=1S/C11H18N2/c1-6-8-9-13-11(4,5)10(3)12-7-2/h6-9H,3H2,1-2,4-5H3/b8-6-,12-7-,13-9-. The first-order valence-electron chi connectivity index (χ1n) is 4.39. The summed E-state index contributed by atoms with van der Waals surface area (Å²) in [6.45, 7) is 11.7. The summed E-state index contributed by atoms with van der Waals surface area (Å²) < 4.78 is 0. The van der Waals surface area contributed by atoms with E-state index in [4.69, 9.17) is 0 Å². The maximum absolute atomic E-state index is 4.34. The monoisotopic (exact) mass is 178 g/mol. The third-order valence-electron chi connectivity index (χ3n) is 1.67. The van der Waals surface area contributed by atoms with Gasteiger partial charge in [0.25, 0.3) is 0 Å². The molecule has 0 bridgehead atoms. The molecule has 2 heteroatoms. The van der Waals surface area contributed by atoms with E-state index in [1.165, 1.54) is 0 Å². The third-order valence-corrected chi connectivity index (χ3v) is 1.67. The molecule has 0 radical (unpaired) electrons. The molecule has 0 saturated carbocycles. The first-order chi connectivity index (χ1) is 6.04. The lowest BCUT2D eigenvalue weighted by Gasteiger charge is -2.18. The van der Waals surface area contributed by atoms with Gasteiger partial charge in [-0.05, 0) is 33.8 Å². The van der Waals surface area contributed by atoms with Crippen LogP contribution in [0, 0.1) is 0 Å². The molecule has 0 heterocycles. The van der Waals surface area contributed by atoms with Gasteiger partial charge in [0.05, 0.1) is 11.2 Å². The van der Waals surface area contributed by atoms with Gasteiger partial charge in [-0.1, -0.05) is 12.7 Å². The van der Waals surface area contributed by atoms with E-state index in [0.29, 0.717) is 0 Å². The number of hydrogen-bond acceptors (Lipinski definition) is 2. The molecule has 0 unspecified atom stereocenters. The van der Waals surface area contributed by atoms with E-state index in [1.54, 1.807) is 12.4 Å². The van der Waals surface area contributed by atoms with Crippen molar-refractivity contribution in [2.24, 2.45) is 9.98 Å². The van der Waals surface area contributed by atoms with Crippen LogP contribution in [0.25, 0.3) is 0 Å². The topological polar surface area (TPSA) is 24.7 Å². The molecule has 13 heavy (non-hydrogen) atoms. The molecule has 0 aromatic heterocycles. The lowest BCUT2D eigenvalue weighted by atomic mass is 10.0. The molecule has 0 aromatic rings. The Morgan fingerprint density at radius 1 is 1.31 bits per heavy atom. The molecule has 72 valence electrons. The Kier molecular flexibility index (Phi) is 4.97. The molecule has 0 aliphatic heterocycles. The highest BCUT2D eigenvalue weighted by atomic mass is 14.9. The summed E-state index contributed by atoms with van der Waals surface area (Å²) in [7, 11) is 0. The number of hydrogen-bond donors (Lipinski definition) is 0. The number of aliphatic imine (C=N–C) groups is 2. The van der Waals surface area contributed by atoms with Gasteiger partial charge < -0.3 is 0 Å². The molecule has 0 aliphatic carbocycles. The Morgan fingerprint density at radius 2 is 1.92 bits per heavy atom. The zero-order chi connectivity index (χ0) is 10.3. The van der Waals surface area contributed by atoms with E-state index in [2.05, 4.69) is 16.6 Å². The van der Waals surface area contributed by atoms with E-state index >= 15 is 0 Å². The fraction of sp³-hybridized carbons (Fsp3) is 0.455. The fourth-order valence-electron chi connectivity index (χ4n) is 0.704. The van der Waals surface area contributed by atoms with Crippen molar-refractivity contribution in [3.63, 3.8) is 0 Å². The van der Waals surface area contributed by atoms with Gasteiger partial charge in [0.2, 0.25) is 0 Å². The van der Waals surface area contributed by atoms with Crippen LogP contribution in [0.5, 0.6) is 0 Å². The summed E-state index contributed by atoms with van der Waals surface area (Å²) >= 11 is 0. The second kappa shape index (κ2) is 5.46. The largest absolute Gasteiger partial charge is 0.281 e. The van der Waals surface area contributed by atoms with Gasteiger partial charge in [-0.15, -0.1) is 0 Å². The van der Waals surface area contributed by atoms with Crippen molar-refractivity contribution < 1.29 is 0 Å². The first kappa shape index (κ1) is 11.8. The van der Waals surface area contributed by atoms with Crippen molar-refractivity contribution in [2.45, 2.75) is 33.2 Å². The van der Waals surface area contributed by atoms with Crippen LogP contribution in [0.2, 0.25) is 0 Å². The summed E-state index contributed by atoms with van der Waals surface area (Å²) in [6, 6.07) is 0. The van der Waals surface area contributed by atoms with Crippen LogP contribution >= 0.6 is 0 Å². The maximum Gasteiger partial charge on any atom is 0.0963 e. The van der Waals surface area contributed by atoms with Gasteiger partial charge in [-0.25, -0.2) is 0 Å². The average Bonchev–Trinajstić information content (AvgIpc) is 2.05. The second-order valence-electron chi connectivity index (χ2n) is 3.20. The van der Waals surface area contributed by atoms with Crippen molar-refractivity contribution in [1.82, 2.24) is 0 Å². The van der Waals surface area contributed by atoms with Gasteiger partial charge in [0, 0.05) is 12.4 Å². The van der Waals surface area contributed by atoms with Crippen LogP contribution in [-0.2, 0) is 0 Å². The predicted octanol–water partition coefficient (Wildman–Crippen LogP) is 3.02. The minimum atomic E-state index is -0.313. The van der Waals surface area contributed by atoms with E-state index < -0.39 is 0 Å². The summed E-state index contributed by atoms with van der Waals surface area (Å²) in [5, 5.41) is 0. The normalized spacial score (nSPS) is 13.5. The average molecular weight is 178 g/mol. The fourth-order valence-corrected chi connectivity index (χ4v) is 0.704. The first-order valence-corrected chi connectivity index (χ1v) is 4.39. The van der Waals surface area contributed by atoms with E-state index in [0.717, 1.165) is 5.70 Å². The molecular formula is C11H18N2. The van der Waals surface area contributed by atoms with E-state index in [-0.39, 0.29) is 5.54 Å². The molecule has 0 rings (SSSR count). The number of nitrogens with zero attached hydrogens (tertiary/aromatic N) is 2. The summed E-state index contributed by atoms with van der Waals surface area (Å²) in [6.07, 6.45) is 7.34. The van der Waals surface area contributed by atoms with Gasteiger partial charge in [-0.2, -0.15) is 0 Å². The zero-order valence-corrected chi connectivity index (χ0v) is 8.91. The van der Waals surface area contributed by atoms with Crippen LogP contribution in [-0.4, -0.2) is 18.0 Å². The minimum Gasteiger partial charge on any atom is -0.281 e. The molecule has 0 atom stereocenters. The predicted molar refractivity (Wildman–Crippen MR) is 60.7 cm³/mol. The van der Waals surface area contributed by atoms with Crippen LogP contribution in [0.4, 0.5) is 0 Å². The van der Waals surface area contributed by atoms with Crippen molar-refractivity contribution in [3.05, 3.63) is 24.4 Å². The van der Waals surface area contributed by atoms with E-state index in [1.807, 2.05) is 39.8 Å². The van der Waals surface area contributed by atoms with Gasteiger partial charge >= 0.3 is 0 Å². The molecule has 0 spiro atoms. The molecule has 2 nitrogen and oxygen atoms in total. The Labute approximate surface area is 80.8 Å². The molecule has 0 amide bonds. The van der Waals surface area contributed by atoms with Crippen molar-refractivity contribution >= 4 is 12.4 Å². The van der Waals surface area contributed by atoms with Crippen LogP contribution in [0.3, 0.4) is 0 Å². The quantitative estimate of drug-likeness (QED) is 0.591. The maximum atomic E-state index is 4.34. The Bertz CT molecular complexity index is 245. The SMILES string of the molecule is C=C(/N=C\C)C(C)(C)/N=C\C=C/C. The van der Waals surface area contributed by atoms with Crippen LogP contribution < -0.4 is 0 Å². The molecule has 0 N–H and O–H groups in total. The molecule has 0 aliphatic rings. The molecule has 0 fully saturated rings. The highest BCUT2D eigenvalue weighted by molar-refractivity contribution is 5.71. The van der Waals surface area contributed by atoms with E-state index in [9.17, 15) is 0 Å². The van der Waals surface area contributed by atoms with Crippen LogP contribution in [0.15, 0.2) is 34.4 Å². The van der Waals surface area contributed by atoms with Crippen molar-refractivity contribution in [1.29, 1.82) is 0 Å². The van der Waals surface area contributed by atoms with Gasteiger partial charge in [-0.3, -0.25) is 9.98 Å². The summed E-state index contributed by atoms with van der Waals surface area (Å²) in [5.41, 5.74) is 0.460. The lowest BCUT2D eigenvalue weighted by Crippen LogP contribution is -2.18. The van der Waals surface area contributed by atoms with Gasteiger partial charge in [0.1, 0.15) is 0 Å². The lowest BCUT2D eigenvalue weighted by molar-refractivity contribution is 0.614. The smallest absolute Gasteiger partial charge is 0.0963 e. The highest BCUT2D eigenvalue weighted by Crippen LogP contribution is 2.19. The molecular weight excluding hydrogens is 160 g/mol. The highest BCUT2D eigenvalue weighted by Gasteiger charge is 2.18. The Hall–Kier alpha value is -1.18. The second-order valence-corrected chi connectivity index (χ2v) is 3.20. The van der Waals surface area contributed by atoms with Crippen LogP contribution in [0.1, 0.15) is 27.7 Å². The molecule has 0 aromatic carbocycles. The summed E-state index contributed by atoms with van der Waals surface area (Å²) in [4.78, 5) is 8.46. The Balaban J connectivity index is 4.47.